The van der Waals surface area contributed by atoms with E-state index < -0.39 is 35.6 Å². The maximum Gasteiger partial charge on any atom is 0.264 e. The highest BCUT2D eigenvalue weighted by molar-refractivity contribution is 6.26. The van der Waals surface area contributed by atoms with Gasteiger partial charge in [0.2, 0.25) is 17.7 Å². The lowest BCUT2D eigenvalue weighted by atomic mass is 9.98. The lowest BCUT2D eigenvalue weighted by Gasteiger charge is -2.27. The molecule has 0 aliphatic carbocycles. The predicted molar refractivity (Wildman–Crippen MR) is 272 cm³/mol. The molecule has 374 valence electrons. The highest BCUT2D eigenvalue weighted by Gasteiger charge is 2.45. The number of fused-ring (bicyclic) bond motifs is 1. The molecule has 2 aliphatic heterocycles. The molecule has 1 fully saturated rings. The number of benzene rings is 3. The number of hydrazine groups is 1. The Morgan fingerprint density at radius 3 is 2.21 bits per heavy atom. The van der Waals surface area contributed by atoms with Gasteiger partial charge in [-0.25, -0.2) is 10.5 Å². The van der Waals surface area contributed by atoms with E-state index in [2.05, 4.69) is 27.2 Å². The monoisotopic (exact) mass is 978 g/mol. The fourth-order valence-electron chi connectivity index (χ4n) is 7.97. The molecule has 3 aromatic carbocycles. The number of hydrogen-bond acceptors (Lipinski definition) is 15. The molecule has 5 aromatic rings. The van der Waals surface area contributed by atoms with Crippen molar-refractivity contribution in [2.45, 2.75) is 39.2 Å². The summed E-state index contributed by atoms with van der Waals surface area (Å²) in [5, 5.41) is 21.6. The predicted octanol–water partition coefficient (Wildman–Crippen LogP) is 6.32. The van der Waals surface area contributed by atoms with E-state index in [9.17, 15) is 29.1 Å². The number of anilines is 1. The van der Waals surface area contributed by atoms with Crippen molar-refractivity contribution in [2.75, 3.05) is 71.8 Å². The zero-order valence-electron chi connectivity index (χ0n) is 40.5. The van der Waals surface area contributed by atoms with Crippen molar-refractivity contribution in [3.63, 3.8) is 0 Å². The number of carbonyl (C=O) groups excluding carboxylic acids is 5. The number of carbonyl (C=O) groups is 5. The molecule has 1 saturated heterocycles. The summed E-state index contributed by atoms with van der Waals surface area (Å²) in [6.45, 7) is 7.08. The third kappa shape index (κ3) is 13.8. The topological polar surface area (TPSA) is 223 Å². The summed E-state index contributed by atoms with van der Waals surface area (Å²) < 4.78 is 22.3. The second-order valence-corrected chi connectivity index (χ2v) is 16.7. The molecule has 1 unspecified atom stereocenters. The van der Waals surface area contributed by atoms with Crippen molar-refractivity contribution in [1.29, 1.82) is 0 Å². The number of piperidine rings is 1. The Labute approximate surface area is 417 Å². The zero-order chi connectivity index (χ0) is 50.8. The van der Waals surface area contributed by atoms with Gasteiger partial charge < -0.3 is 29.4 Å². The molecule has 7 rings (SSSR count). The molecule has 0 bridgehead atoms. The third-order valence-electron chi connectivity index (χ3n) is 11.6. The molecule has 2 aliphatic rings. The van der Waals surface area contributed by atoms with E-state index in [4.69, 9.17) is 28.9 Å². The van der Waals surface area contributed by atoms with Gasteiger partial charge in [-0.15, -0.1) is 0 Å². The molecular formula is C54H58N8O10. The zero-order valence-corrected chi connectivity index (χ0v) is 40.5. The van der Waals surface area contributed by atoms with Crippen LogP contribution >= 0.6 is 0 Å². The van der Waals surface area contributed by atoms with Gasteiger partial charge in [0, 0.05) is 60.2 Å². The van der Waals surface area contributed by atoms with Crippen LogP contribution in [0.25, 0.3) is 40.1 Å². The number of phenols is 1. The van der Waals surface area contributed by atoms with Gasteiger partial charge >= 0.3 is 0 Å². The molecule has 0 radical (unpaired) electrons. The first-order valence-corrected chi connectivity index (χ1v) is 23.6. The van der Waals surface area contributed by atoms with Crippen LogP contribution in [-0.4, -0.2) is 133 Å². The first-order valence-electron chi connectivity index (χ1n) is 23.6. The Balaban J connectivity index is 0.747. The number of nitrogens with zero attached hydrogens (tertiary/aromatic N) is 5. The van der Waals surface area contributed by atoms with Crippen LogP contribution in [0, 0.1) is 6.92 Å². The number of hydrogen-bond donors (Lipinski definition) is 4. The van der Waals surface area contributed by atoms with E-state index in [-0.39, 0.29) is 55.0 Å². The Hall–Kier alpha value is -7.74. The van der Waals surface area contributed by atoms with E-state index in [1.165, 1.54) is 18.2 Å². The molecule has 0 spiro atoms. The minimum absolute atomic E-state index is 0.00605. The maximum atomic E-state index is 13.2. The number of amides is 5. The Morgan fingerprint density at radius 1 is 0.819 bits per heavy atom. The van der Waals surface area contributed by atoms with E-state index >= 15 is 0 Å². The van der Waals surface area contributed by atoms with Gasteiger partial charge in [0.25, 0.3) is 11.8 Å². The van der Waals surface area contributed by atoms with Gasteiger partial charge in [0.15, 0.2) is 0 Å². The first kappa shape index (κ1) is 52.1. The molecule has 4 N–H and O–H groups in total. The average Bonchev–Trinajstić information content (AvgIpc) is 3.63. The van der Waals surface area contributed by atoms with Crippen LogP contribution in [0.3, 0.4) is 0 Å². The van der Waals surface area contributed by atoms with Crippen molar-refractivity contribution in [2.24, 2.45) is 5.10 Å². The summed E-state index contributed by atoms with van der Waals surface area (Å²) in [6.07, 6.45) is 11.4. The first-order chi connectivity index (χ1) is 35.0. The number of ether oxygens (including phenoxy) is 4. The number of phenolic OH excluding ortho intramolecular Hbond substituents is 1. The summed E-state index contributed by atoms with van der Waals surface area (Å²) in [5.41, 5.74) is 11.1. The summed E-state index contributed by atoms with van der Waals surface area (Å²) in [5.74, 6) is -2.76. The number of rotatable bonds is 25. The summed E-state index contributed by atoms with van der Waals surface area (Å²) in [7, 11) is 1.81. The molecule has 18 nitrogen and oxygen atoms in total. The number of para-hydroxylation sites is 1. The van der Waals surface area contributed by atoms with Gasteiger partial charge in [0.1, 0.15) is 11.8 Å². The molecule has 4 heterocycles. The minimum atomic E-state index is -1.10. The van der Waals surface area contributed by atoms with Gasteiger partial charge in [-0.2, -0.15) is 5.10 Å². The van der Waals surface area contributed by atoms with Crippen molar-refractivity contribution < 1.29 is 48.0 Å². The number of imide groups is 2. The standard InChI is InChI=1S/C54H58N8O10/c1-4-38(50-36(2)31-41(34-55-50)51-39(18-17-37-11-6-5-7-12-37)32-40(33-56-51)42-13-8-9-16-46(42)63)35-58-61(3)57-22-24-70-26-28-72-30-29-71-27-25-69-23-21-48(65)59-44-15-10-14-43-49(44)54(68)62(53(43)67)45-19-20-47(64)60-52(45)66/h4-18,31-35,45,57,63H,19-30H2,1-3H3,(H,59,65)(H,60,64,66)/b18-17+,38-4+,58-35+. The lowest BCUT2D eigenvalue weighted by molar-refractivity contribution is -0.136. The number of allylic oxidation sites excluding steroid dienone is 2. The largest absolute Gasteiger partial charge is 0.507 e. The molecule has 0 saturated carbocycles. The number of aromatic hydroxyl groups is 1. The fraction of sp³-hybridized carbons (Fsp3) is 0.296. The van der Waals surface area contributed by atoms with Crippen LogP contribution in [0.2, 0.25) is 0 Å². The second kappa shape index (κ2) is 25.9. The maximum absolute atomic E-state index is 13.2. The normalized spacial score (nSPS) is 14.9. The smallest absolute Gasteiger partial charge is 0.264 e. The summed E-state index contributed by atoms with van der Waals surface area (Å²) in [6, 6.07) is 24.8. The van der Waals surface area contributed by atoms with Gasteiger partial charge in [0.05, 0.1) is 93.7 Å². The number of aromatic nitrogens is 2. The number of nitrogens with one attached hydrogen (secondary N) is 3. The van der Waals surface area contributed by atoms with E-state index in [1.54, 1.807) is 36.7 Å². The average molecular weight is 979 g/mol. The van der Waals surface area contributed by atoms with Crippen LogP contribution in [0.15, 0.2) is 109 Å². The van der Waals surface area contributed by atoms with Crippen LogP contribution in [0.4, 0.5) is 5.69 Å². The van der Waals surface area contributed by atoms with E-state index in [1.807, 2.05) is 86.8 Å². The lowest BCUT2D eigenvalue weighted by Crippen LogP contribution is -2.54. The third-order valence-corrected chi connectivity index (χ3v) is 11.6. The summed E-state index contributed by atoms with van der Waals surface area (Å²) in [4.78, 5) is 73.5. The highest BCUT2D eigenvalue weighted by Crippen LogP contribution is 2.34. The van der Waals surface area contributed by atoms with Crippen LogP contribution < -0.4 is 16.1 Å². The van der Waals surface area contributed by atoms with Gasteiger partial charge in [-0.05, 0) is 61.7 Å². The van der Waals surface area contributed by atoms with Gasteiger partial charge in [-0.3, -0.25) is 44.2 Å². The number of hydrazone groups is 1. The minimum Gasteiger partial charge on any atom is -0.507 e. The molecule has 5 amide bonds. The Morgan fingerprint density at radius 2 is 1.50 bits per heavy atom. The van der Waals surface area contributed by atoms with Crippen LogP contribution in [0.1, 0.15) is 69.3 Å². The molecule has 1 atom stereocenters. The van der Waals surface area contributed by atoms with Crippen molar-refractivity contribution in [3.05, 3.63) is 137 Å². The van der Waals surface area contributed by atoms with Gasteiger partial charge in [-0.1, -0.05) is 72.8 Å². The van der Waals surface area contributed by atoms with E-state index in [0.29, 0.717) is 51.7 Å². The van der Waals surface area contributed by atoms with Crippen LogP contribution in [-0.2, 0) is 33.3 Å². The number of aryl methyl sites for hydroxylation is 1. The molecule has 72 heavy (non-hydrogen) atoms. The molecule has 2 aromatic heterocycles. The Bertz CT molecular complexity index is 2830. The second-order valence-electron chi connectivity index (χ2n) is 16.7. The molecule has 18 heteroatoms. The fourth-order valence-corrected chi connectivity index (χ4v) is 7.97. The summed E-state index contributed by atoms with van der Waals surface area (Å²) >= 11 is 0. The van der Waals surface area contributed by atoms with Crippen molar-refractivity contribution >= 4 is 59.2 Å². The molecular weight excluding hydrogens is 921 g/mol. The highest BCUT2D eigenvalue weighted by atomic mass is 16.6. The SMILES string of the molecule is C/C=C(\C=N\N(C)NCCOCCOCCOCCOCCC(=O)Nc1cccc2c1C(=O)N(C1CCC(=O)NC1=O)C2=O)c1ncc(-c2ncc(-c3ccccc3O)cc2/C=C/c2ccccc2)cc1C. The van der Waals surface area contributed by atoms with Crippen LogP contribution in [0.5, 0.6) is 5.75 Å². The van der Waals surface area contributed by atoms with Crippen molar-refractivity contribution in [3.8, 4) is 28.1 Å². The number of pyridine rings is 2. The quantitative estimate of drug-likeness (QED) is 0.0218. The Kier molecular flexibility index (Phi) is 18.8. The van der Waals surface area contributed by atoms with E-state index in [0.717, 1.165) is 49.7 Å². The van der Waals surface area contributed by atoms with Crippen molar-refractivity contribution in [1.82, 2.24) is 30.7 Å².